The Kier molecular flexibility index (Phi) is 4.01. The van der Waals surface area contributed by atoms with Crippen molar-refractivity contribution in [3.8, 4) is 5.69 Å². The minimum atomic E-state index is -0.174. The van der Waals surface area contributed by atoms with E-state index >= 15 is 0 Å². The summed E-state index contributed by atoms with van der Waals surface area (Å²) in [6.07, 6.45) is 1.59. The van der Waals surface area contributed by atoms with Crippen LogP contribution in [0.25, 0.3) is 16.7 Å². The lowest BCUT2D eigenvalue weighted by atomic mass is 10.1. The average Bonchev–Trinajstić information content (AvgIpc) is 3.28. The molecule has 4 aromatic rings. The molecule has 130 valence electrons. The van der Waals surface area contributed by atoms with E-state index in [1.807, 2.05) is 50.2 Å². The van der Waals surface area contributed by atoms with Crippen molar-refractivity contribution < 1.29 is 9.21 Å². The molecular formula is C20H18N4O2. The lowest BCUT2D eigenvalue weighted by molar-refractivity contribution is 0.0949. The van der Waals surface area contributed by atoms with Gasteiger partial charge in [-0.3, -0.25) is 4.79 Å². The number of hydrogen-bond donors (Lipinski definition) is 1. The van der Waals surface area contributed by atoms with E-state index in [9.17, 15) is 4.79 Å². The molecule has 0 fully saturated rings. The van der Waals surface area contributed by atoms with Gasteiger partial charge in [0.25, 0.3) is 5.91 Å². The van der Waals surface area contributed by atoms with E-state index in [4.69, 9.17) is 4.42 Å². The Bertz CT molecular complexity index is 1070. The first-order valence-corrected chi connectivity index (χ1v) is 8.36. The van der Waals surface area contributed by atoms with E-state index in [-0.39, 0.29) is 5.91 Å². The monoisotopic (exact) mass is 346 g/mol. The number of aryl methyl sites for hydroxylation is 2. The lowest BCUT2D eigenvalue weighted by Crippen LogP contribution is -2.23. The van der Waals surface area contributed by atoms with Gasteiger partial charge in [0, 0.05) is 5.69 Å². The third-order valence-electron chi connectivity index (χ3n) is 4.19. The van der Waals surface area contributed by atoms with Gasteiger partial charge in [0.05, 0.1) is 35.1 Å². The minimum absolute atomic E-state index is 0.174. The summed E-state index contributed by atoms with van der Waals surface area (Å²) in [5, 5.41) is 8.27. The van der Waals surface area contributed by atoms with Crippen molar-refractivity contribution in [2.45, 2.75) is 20.4 Å². The van der Waals surface area contributed by atoms with Crippen LogP contribution < -0.4 is 5.32 Å². The molecule has 1 N–H and O–H groups in total. The highest BCUT2D eigenvalue weighted by Crippen LogP contribution is 2.24. The molecule has 4 rings (SSSR count). The number of amides is 1. The van der Waals surface area contributed by atoms with Crippen molar-refractivity contribution in [3.63, 3.8) is 0 Å². The molecule has 0 aliphatic rings. The van der Waals surface area contributed by atoms with Crippen molar-refractivity contribution in [2.75, 3.05) is 0 Å². The molecule has 1 aromatic carbocycles. The fourth-order valence-corrected chi connectivity index (χ4v) is 3.02. The van der Waals surface area contributed by atoms with E-state index in [2.05, 4.69) is 15.4 Å². The topological polar surface area (TPSA) is 73.0 Å². The zero-order chi connectivity index (χ0) is 18.1. The Morgan fingerprint density at radius 2 is 1.96 bits per heavy atom. The highest BCUT2D eigenvalue weighted by atomic mass is 16.3. The van der Waals surface area contributed by atoms with Crippen LogP contribution in [0.15, 0.2) is 59.2 Å². The third-order valence-corrected chi connectivity index (χ3v) is 4.19. The average molecular weight is 346 g/mol. The SMILES string of the molecule is Cc1cc(C(=O)NCc2ccco2)c2c(C)nn(-c3ccccc3)c2n1. The van der Waals surface area contributed by atoms with Gasteiger partial charge >= 0.3 is 0 Å². The molecule has 1 amide bonds. The molecular weight excluding hydrogens is 328 g/mol. The van der Waals surface area contributed by atoms with Crippen molar-refractivity contribution >= 4 is 16.9 Å². The van der Waals surface area contributed by atoms with Crippen molar-refractivity contribution in [2.24, 2.45) is 0 Å². The second-order valence-electron chi connectivity index (χ2n) is 6.10. The maximum absolute atomic E-state index is 12.8. The van der Waals surface area contributed by atoms with Crippen molar-refractivity contribution in [1.29, 1.82) is 0 Å². The number of para-hydroxylation sites is 1. The predicted molar refractivity (Wildman–Crippen MR) is 98.2 cm³/mol. The fraction of sp³-hybridized carbons (Fsp3) is 0.150. The zero-order valence-corrected chi connectivity index (χ0v) is 14.6. The van der Waals surface area contributed by atoms with Gasteiger partial charge in [0.15, 0.2) is 5.65 Å². The maximum Gasteiger partial charge on any atom is 0.252 e. The summed E-state index contributed by atoms with van der Waals surface area (Å²) in [4.78, 5) is 17.4. The molecule has 0 saturated heterocycles. The third kappa shape index (κ3) is 2.86. The molecule has 26 heavy (non-hydrogen) atoms. The number of carbonyl (C=O) groups excluding carboxylic acids is 1. The van der Waals surface area contributed by atoms with Crippen LogP contribution in [0.1, 0.15) is 27.5 Å². The molecule has 0 aliphatic heterocycles. The van der Waals surface area contributed by atoms with E-state index in [1.54, 1.807) is 23.1 Å². The number of nitrogens with one attached hydrogen (secondary N) is 1. The van der Waals surface area contributed by atoms with Gasteiger partial charge in [0.1, 0.15) is 5.76 Å². The predicted octanol–water partition coefficient (Wildman–Crippen LogP) is 3.56. The lowest BCUT2D eigenvalue weighted by Gasteiger charge is -2.07. The standard InChI is InChI=1S/C20H18N4O2/c1-13-11-17(20(25)21-12-16-9-6-10-26-16)18-14(2)23-24(19(18)22-13)15-7-4-3-5-8-15/h3-11H,12H2,1-2H3,(H,21,25). The molecule has 0 atom stereocenters. The van der Waals surface area contributed by atoms with E-state index in [0.29, 0.717) is 23.5 Å². The summed E-state index contributed by atoms with van der Waals surface area (Å²) < 4.78 is 7.05. The van der Waals surface area contributed by atoms with Crippen molar-refractivity contribution in [3.05, 3.63) is 77.5 Å². The summed E-state index contributed by atoms with van der Waals surface area (Å²) in [6, 6.07) is 15.2. The molecule has 0 radical (unpaired) electrons. The molecule has 0 spiro atoms. The van der Waals surface area contributed by atoms with Crippen LogP contribution in [0.5, 0.6) is 0 Å². The number of rotatable bonds is 4. The maximum atomic E-state index is 12.8. The molecule has 0 saturated carbocycles. The smallest absolute Gasteiger partial charge is 0.252 e. The minimum Gasteiger partial charge on any atom is -0.467 e. The van der Waals surface area contributed by atoms with Crippen LogP contribution >= 0.6 is 0 Å². The van der Waals surface area contributed by atoms with Gasteiger partial charge in [0.2, 0.25) is 0 Å². The molecule has 0 aliphatic carbocycles. The number of fused-ring (bicyclic) bond motifs is 1. The number of carbonyl (C=O) groups is 1. The highest BCUT2D eigenvalue weighted by Gasteiger charge is 2.19. The Morgan fingerprint density at radius 1 is 1.15 bits per heavy atom. The first-order chi connectivity index (χ1) is 12.6. The number of nitrogens with zero attached hydrogens (tertiary/aromatic N) is 3. The molecule has 6 heteroatoms. The second kappa shape index (κ2) is 6.48. The zero-order valence-electron chi connectivity index (χ0n) is 14.6. The summed E-state index contributed by atoms with van der Waals surface area (Å²) >= 11 is 0. The molecule has 3 aromatic heterocycles. The van der Waals surface area contributed by atoms with E-state index < -0.39 is 0 Å². The Balaban J connectivity index is 1.78. The molecule has 3 heterocycles. The van der Waals surface area contributed by atoms with Crippen LogP contribution in [0.2, 0.25) is 0 Å². The van der Waals surface area contributed by atoms with Crippen molar-refractivity contribution in [1.82, 2.24) is 20.1 Å². The van der Waals surface area contributed by atoms with Gasteiger partial charge in [-0.2, -0.15) is 5.10 Å². The van der Waals surface area contributed by atoms with E-state index in [1.165, 1.54) is 0 Å². The molecule has 6 nitrogen and oxygen atoms in total. The van der Waals surface area contributed by atoms with Crippen LogP contribution in [0.4, 0.5) is 0 Å². The van der Waals surface area contributed by atoms with Crippen LogP contribution in [-0.4, -0.2) is 20.7 Å². The van der Waals surface area contributed by atoms with Crippen LogP contribution in [-0.2, 0) is 6.54 Å². The summed E-state index contributed by atoms with van der Waals surface area (Å²) in [5.74, 6) is 0.532. The first-order valence-electron chi connectivity index (χ1n) is 8.36. The number of hydrogen-bond acceptors (Lipinski definition) is 4. The van der Waals surface area contributed by atoms with Gasteiger partial charge in [-0.05, 0) is 44.2 Å². The number of benzene rings is 1. The highest BCUT2D eigenvalue weighted by molar-refractivity contribution is 6.06. The molecule has 0 bridgehead atoms. The van der Waals surface area contributed by atoms with Gasteiger partial charge in [-0.25, -0.2) is 9.67 Å². The largest absolute Gasteiger partial charge is 0.467 e. The van der Waals surface area contributed by atoms with Gasteiger partial charge in [-0.1, -0.05) is 18.2 Å². The number of furan rings is 1. The number of pyridine rings is 1. The molecule has 0 unspecified atom stereocenters. The van der Waals surface area contributed by atoms with Gasteiger partial charge < -0.3 is 9.73 Å². The number of aromatic nitrogens is 3. The Labute approximate surface area is 150 Å². The Hall–Kier alpha value is -3.41. The van der Waals surface area contributed by atoms with Crippen LogP contribution in [0.3, 0.4) is 0 Å². The summed E-state index contributed by atoms with van der Waals surface area (Å²) in [5.41, 5.74) is 3.68. The first kappa shape index (κ1) is 16.1. The second-order valence-corrected chi connectivity index (χ2v) is 6.10. The van der Waals surface area contributed by atoms with Gasteiger partial charge in [-0.15, -0.1) is 0 Å². The quantitative estimate of drug-likeness (QED) is 0.613. The summed E-state index contributed by atoms with van der Waals surface area (Å²) in [7, 11) is 0. The van der Waals surface area contributed by atoms with E-state index in [0.717, 1.165) is 22.5 Å². The fourth-order valence-electron chi connectivity index (χ4n) is 3.02. The Morgan fingerprint density at radius 3 is 2.69 bits per heavy atom. The summed E-state index contributed by atoms with van der Waals surface area (Å²) in [6.45, 7) is 4.10. The normalized spacial score (nSPS) is 11.0. The van der Waals surface area contributed by atoms with Crippen LogP contribution in [0, 0.1) is 13.8 Å².